The molecule has 8 nitrogen and oxygen atoms in total. The van der Waals surface area contributed by atoms with Crippen LogP contribution in [0.3, 0.4) is 0 Å². The summed E-state index contributed by atoms with van der Waals surface area (Å²) in [5.74, 6) is 2.17. The molecule has 0 unspecified atom stereocenters. The number of ether oxygens (including phenoxy) is 1. The molecule has 8 heteroatoms. The van der Waals surface area contributed by atoms with Crippen LogP contribution in [0, 0.1) is 5.92 Å². The average Bonchev–Trinajstić information content (AvgIpc) is 3.46. The summed E-state index contributed by atoms with van der Waals surface area (Å²) in [5.41, 5.74) is 0.842. The Balaban J connectivity index is 1.33. The van der Waals surface area contributed by atoms with Crippen molar-refractivity contribution in [2.24, 2.45) is 5.92 Å². The number of benzene rings is 1. The minimum absolute atomic E-state index is 0.00445. The molecule has 0 radical (unpaired) electrons. The Bertz CT molecular complexity index is 928. The van der Waals surface area contributed by atoms with E-state index < -0.39 is 0 Å². The van der Waals surface area contributed by atoms with E-state index in [0.29, 0.717) is 31.5 Å². The number of carbonyl (C=O) groups is 1. The van der Waals surface area contributed by atoms with E-state index in [0.717, 1.165) is 29.9 Å². The Labute approximate surface area is 169 Å². The summed E-state index contributed by atoms with van der Waals surface area (Å²) >= 11 is 0. The maximum Gasteiger partial charge on any atom is 0.318 e. The molecule has 29 heavy (non-hydrogen) atoms. The number of carbonyl (C=O) groups excluding carboxylic acids is 1. The van der Waals surface area contributed by atoms with Crippen LogP contribution >= 0.6 is 0 Å². The van der Waals surface area contributed by atoms with Crippen LogP contribution in [0.4, 0.5) is 6.01 Å². The van der Waals surface area contributed by atoms with E-state index in [1.165, 1.54) is 0 Å². The van der Waals surface area contributed by atoms with Crippen molar-refractivity contribution in [2.45, 2.75) is 19.4 Å². The summed E-state index contributed by atoms with van der Waals surface area (Å²) in [5, 5.41) is 8.34. The second-order valence-corrected chi connectivity index (χ2v) is 7.15. The van der Waals surface area contributed by atoms with Crippen LogP contribution in [-0.4, -0.2) is 48.3 Å². The zero-order valence-corrected chi connectivity index (χ0v) is 16.6. The average molecular weight is 396 g/mol. The first kappa shape index (κ1) is 19.0. The number of rotatable bonds is 6. The Morgan fingerprint density at radius 1 is 1.21 bits per heavy atom. The lowest BCUT2D eigenvalue weighted by atomic mass is 9.95. The number of anilines is 1. The highest BCUT2D eigenvalue weighted by Crippen LogP contribution is 2.27. The van der Waals surface area contributed by atoms with Gasteiger partial charge in [0.25, 0.3) is 0 Å². The Morgan fingerprint density at radius 3 is 2.62 bits per heavy atom. The number of methoxy groups -OCH3 is 1. The molecule has 152 valence electrons. The van der Waals surface area contributed by atoms with Crippen molar-refractivity contribution in [3.8, 4) is 17.2 Å². The maximum absolute atomic E-state index is 12.7. The summed E-state index contributed by atoms with van der Waals surface area (Å²) in [4.78, 5) is 16.5. The molecular formula is C21H24N4O4. The van der Waals surface area contributed by atoms with Crippen LogP contribution in [0.1, 0.15) is 18.6 Å². The van der Waals surface area contributed by atoms with Gasteiger partial charge < -0.3 is 23.4 Å². The van der Waals surface area contributed by atoms with E-state index in [1.54, 1.807) is 18.3 Å². The molecule has 3 heterocycles. The maximum atomic E-state index is 12.7. The van der Waals surface area contributed by atoms with Crippen molar-refractivity contribution in [3.05, 3.63) is 48.4 Å². The molecule has 1 aliphatic heterocycles. The largest absolute Gasteiger partial charge is 0.497 e. The van der Waals surface area contributed by atoms with Gasteiger partial charge in [0.05, 0.1) is 19.9 Å². The Morgan fingerprint density at radius 2 is 1.97 bits per heavy atom. The van der Waals surface area contributed by atoms with E-state index in [1.807, 2.05) is 48.3 Å². The molecule has 0 N–H and O–H groups in total. The van der Waals surface area contributed by atoms with Gasteiger partial charge in [0, 0.05) is 31.6 Å². The molecule has 0 aliphatic carbocycles. The van der Waals surface area contributed by atoms with Crippen LogP contribution in [0.25, 0.3) is 11.5 Å². The first-order valence-corrected chi connectivity index (χ1v) is 9.64. The van der Waals surface area contributed by atoms with Crippen LogP contribution in [0.5, 0.6) is 5.75 Å². The molecule has 0 bridgehead atoms. The second kappa shape index (κ2) is 8.38. The first-order valence-electron chi connectivity index (χ1n) is 9.64. The van der Waals surface area contributed by atoms with E-state index in [2.05, 4.69) is 10.2 Å². The SMILES string of the molecule is COc1ccc(-c2nnc(N3CCC(C(=O)N(C)Cc4ccco4)CC3)o2)cc1. The van der Waals surface area contributed by atoms with Gasteiger partial charge in [-0.15, -0.1) is 5.10 Å². The number of piperidine rings is 1. The normalized spacial score (nSPS) is 14.8. The molecule has 4 rings (SSSR count). The lowest BCUT2D eigenvalue weighted by Gasteiger charge is -2.31. The quantitative estimate of drug-likeness (QED) is 0.632. The molecule has 1 aromatic carbocycles. The molecule has 1 amide bonds. The molecule has 0 saturated carbocycles. The Kier molecular flexibility index (Phi) is 5.50. The molecule has 0 atom stereocenters. The van der Waals surface area contributed by atoms with Gasteiger partial charge in [-0.1, -0.05) is 5.10 Å². The lowest BCUT2D eigenvalue weighted by Crippen LogP contribution is -2.41. The fourth-order valence-corrected chi connectivity index (χ4v) is 3.54. The van der Waals surface area contributed by atoms with Crippen molar-refractivity contribution in [1.29, 1.82) is 0 Å². The summed E-state index contributed by atoms with van der Waals surface area (Å²) in [6.07, 6.45) is 3.12. The van der Waals surface area contributed by atoms with Crippen molar-refractivity contribution in [3.63, 3.8) is 0 Å². The van der Waals surface area contributed by atoms with E-state index in [4.69, 9.17) is 13.6 Å². The smallest absolute Gasteiger partial charge is 0.318 e. The van der Waals surface area contributed by atoms with Crippen molar-refractivity contribution >= 4 is 11.9 Å². The second-order valence-electron chi connectivity index (χ2n) is 7.15. The molecule has 1 saturated heterocycles. The topological polar surface area (TPSA) is 84.8 Å². The van der Waals surface area contributed by atoms with Crippen LogP contribution in [-0.2, 0) is 11.3 Å². The summed E-state index contributed by atoms with van der Waals surface area (Å²) in [6, 6.07) is 11.7. The van der Waals surface area contributed by atoms with Gasteiger partial charge in [0.15, 0.2) is 0 Å². The fourth-order valence-electron chi connectivity index (χ4n) is 3.54. The predicted octanol–water partition coefficient (Wildman–Crippen LogP) is 3.21. The van der Waals surface area contributed by atoms with Crippen molar-refractivity contribution in [2.75, 3.05) is 32.1 Å². The highest BCUT2D eigenvalue weighted by molar-refractivity contribution is 5.78. The van der Waals surface area contributed by atoms with Gasteiger partial charge in [-0.3, -0.25) is 4.79 Å². The summed E-state index contributed by atoms with van der Waals surface area (Å²) in [7, 11) is 3.44. The summed E-state index contributed by atoms with van der Waals surface area (Å²) < 4.78 is 16.4. The van der Waals surface area contributed by atoms with Gasteiger partial charge in [-0.25, -0.2) is 0 Å². The molecule has 0 spiro atoms. The van der Waals surface area contributed by atoms with Gasteiger partial charge in [-0.05, 0) is 49.2 Å². The van der Waals surface area contributed by atoms with E-state index in [9.17, 15) is 4.79 Å². The van der Waals surface area contributed by atoms with Crippen molar-refractivity contribution < 1.29 is 18.4 Å². The number of hydrogen-bond acceptors (Lipinski definition) is 7. The van der Waals surface area contributed by atoms with E-state index in [-0.39, 0.29) is 11.8 Å². The number of hydrogen-bond donors (Lipinski definition) is 0. The zero-order valence-electron chi connectivity index (χ0n) is 16.6. The third-order valence-electron chi connectivity index (χ3n) is 5.22. The molecule has 1 fully saturated rings. The molecular weight excluding hydrogens is 372 g/mol. The minimum Gasteiger partial charge on any atom is -0.497 e. The predicted molar refractivity (Wildman–Crippen MR) is 106 cm³/mol. The van der Waals surface area contributed by atoms with Gasteiger partial charge >= 0.3 is 6.01 Å². The molecule has 2 aromatic heterocycles. The van der Waals surface area contributed by atoms with Gasteiger partial charge in [0.1, 0.15) is 11.5 Å². The molecule has 1 aliphatic rings. The lowest BCUT2D eigenvalue weighted by molar-refractivity contribution is -0.135. The standard InChI is InChI=1S/C21H24N4O4/c1-24(14-18-4-3-13-28-18)20(26)16-9-11-25(12-10-16)21-23-22-19(29-21)15-5-7-17(27-2)8-6-15/h3-8,13,16H,9-12,14H2,1-2H3. The van der Waals surface area contributed by atoms with Crippen LogP contribution < -0.4 is 9.64 Å². The number of amides is 1. The highest BCUT2D eigenvalue weighted by atomic mass is 16.5. The van der Waals surface area contributed by atoms with Crippen LogP contribution in [0.2, 0.25) is 0 Å². The van der Waals surface area contributed by atoms with Crippen molar-refractivity contribution in [1.82, 2.24) is 15.1 Å². The Hall–Kier alpha value is -3.29. The van der Waals surface area contributed by atoms with Crippen LogP contribution in [0.15, 0.2) is 51.5 Å². The monoisotopic (exact) mass is 396 g/mol. The summed E-state index contributed by atoms with van der Waals surface area (Å²) in [6.45, 7) is 1.89. The zero-order chi connectivity index (χ0) is 20.2. The minimum atomic E-state index is -0.00445. The third-order valence-corrected chi connectivity index (χ3v) is 5.22. The first-order chi connectivity index (χ1) is 14.1. The fraction of sp³-hybridized carbons (Fsp3) is 0.381. The highest BCUT2D eigenvalue weighted by Gasteiger charge is 2.29. The number of furan rings is 1. The van der Waals surface area contributed by atoms with Gasteiger partial charge in [-0.2, -0.15) is 0 Å². The van der Waals surface area contributed by atoms with E-state index >= 15 is 0 Å². The number of nitrogens with zero attached hydrogens (tertiary/aromatic N) is 4. The third kappa shape index (κ3) is 4.26. The van der Waals surface area contributed by atoms with Gasteiger partial charge in [0.2, 0.25) is 11.8 Å². The molecule has 3 aromatic rings. The number of aromatic nitrogens is 2.